The van der Waals surface area contributed by atoms with Crippen molar-refractivity contribution in [2.45, 2.75) is 26.3 Å². The Bertz CT molecular complexity index is 1280. The van der Waals surface area contributed by atoms with Gasteiger partial charge in [0, 0.05) is 31.9 Å². The molecule has 1 saturated heterocycles. The molecule has 2 amide bonds. The van der Waals surface area contributed by atoms with Gasteiger partial charge in [0.25, 0.3) is 0 Å². The van der Waals surface area contributed by atoms with Crippen LogP contribution in [0.2, 0.25) is 0 Å². The highest BCUT2D eigenvalue weighted by molar-refractivity contribution is 5.89. The quantitative estimate of drug-likeness (QED) is 0.331. The number of imidazole rings is 1. The molecule has 36 heavy (non-hydrogen) atoms. The second-order valence-corrected chi connectivity index (χ2v) is 9.10. The fraction of sp³-hybridized carbons (Fsp3) is 0.310. The summed E-state index contributed by atoms with van der Waals surface area (Å²) in [5, 5.41) is 3.02. The van der Waals surface area contributed by atoms with Crippen LogP contribution < -0.4 is 15.0 Å². The number of hydrogen-bond donors (Lipinski definition) is 1. The number of hydrogen-bond acceptors (Lipinski definition) is 4. The number of nitrogens with one attached hydrogen (secondary N) is 1. The third kappa shape index (κ3) is 5.46. The zero-order chi connectivity index (χ0) is 24.7. The van der Waals surface area contributed by atoms with Crippen molar-refractivity contribution >= 4 is 28.7 Å². The van der Waals surface area contributed by atoms with E-state index in [1.54, 1.807) is 0 Å². The second kappa shape index (κ2) is 11.2. The first-order valence-electron chi connectivity index (χ1n) is 12.7. The predicted octanol–water partition coefficient (Wildman–Crippen LogP) is 5.62. The number of anilines is 2. The molecule has 0 bridgehead atoms. The highest BCUT2D eigenvalue weighted by Gasteiger charge is 2.25. The molecular weight excluding hydrogens is 450 g/mol. The van der Waals surface area contributed by atoms with Crippen LogP contribution in [0, 0.1) is 0 Å². The minimum atomic E-state index is -0.0768. The van der Waals surface area contributed by atoms with Gasteiger partial charge in [-0.25, -0.2) is 9.78 Å². The Morgan fingerprint density at radius 1 is 0.917 bits per heavy atom. The van der Waals surface area contributed by atoms with Crippen LogP contribution in [0.15, 0.2) is 78.9 Å². The van der Waals surface area contributed by atoms with E-state index in [0.29, 0.717) is 19.7 Å². The number of amides is 2. The van der Waals surface area contributed by atoms with Gasteiger partial charge in [-0.15, -0.1) is 0 Å². The fourth-order valence-corrected chi connectivity index (χ4v) is 4.51. The molecule has 0 spiro atoms. The summed E-state index contributed by atoms with van der Waals surface area (Å²) < 4.78 is 7.99. The number of para-hydroxylation sites is 2. The van der Waals surface area contributed by atoms with E-state index in [1.807, 2.05) is 41.3 Å². The molecule has 1 N–H and O–H groups in total. The van der Waals surface area contributed by atoms with Crippen molar-refractivity contribution in [2.24, 2.45) is 0 Å². The van der Waals surface area contributed by atoms with E-state index in [1.165, 1.54) is 5.56 Å². The topological polar surface area (TPSA) is 62.6 Å². The van der Waals surface area contributed by atoms with Crippen LogP contribution in [0.25, 0.3) is 11.0 Å². The van der Waals surface area contributed by atoms with Gasteiger partial charge in [0.1, 0.15) is 5.75 Å². The Kier molecular flexibility index (Phi) is 7.36. The van der Waals surface area contributed by atoms with Crippen LogP contribution in [0.3, 0.4) is 0 Å². The van der Waals surface area contributed by atoms with Crippen molar-refractivity contribution in [3.05, 3.63) is 84.4 Å². The number of fused-ring (bicyclic) bond motifs is 1. The Hall–Kier alpha value is -4.00. The number of carbonyl (C=O) groups is 1. The van der Waals surface area contributed by atoms with Gasteiger partial charge >= 0.3 is 6.03 Å². The van der Waals surface area contributed by atoms with Crippen molar-refractivity contribution in [3.8, 4) is 5.75 Å². The monoisotopic (exact) mass is 483 g/mol. The maximum absolute atomic E-state index is 12.9. The molecule has 4 aromatic rings. The number of rotatable bonds is 8. The Morgan fingerprint density at radius 2 is 1.64 bits per heavy atom. The number of unbranched alkanes of at least 4 members (excludes halogenated alkanes) is 1. The zero-order valence-corrected chi connectivity index (χ0v) is 20.8. The molecule has 1 aromatic heterocycles. The molecule has 0 radical (unpaired) electrons. The number of ether oxygens (including phenoxy) is 1. The van der Waals surface area contributed by atoms with E-state index < -0.39 is 0 Å². The van der Waals surface area contributed by atoms with Gasteiger partial charge < -0.3 is 24.4 Å². The molecular formula is C29H33N5O2. The maximum atomic E-state index is 12.9. The molecule has 5 rings (SSSR count). The summed E-state index contributed by atoms with van der Waals surface area (Å²) in [6.07, 6.45) is 2.14. The zero-order valence-electron chi connectivity index (χ0n) is 20.8. The predicted molar refractivity (Wildman–Crippen MR) is 145 cm³/mol. The summed E-state index contributed by atoms with van der Waals surface area (Å²) in [6, 6.07) is 26.2. The molecule has 0 saturated carbocycles. The van der Waals surface area contributed by atoms with Gasteiger partial charge in [-0.1, -0.05) is 55.8 Å². The van der Waals surface area contributed by atoms with Crippen LogP contribution >= 0.6 is 0 Å². The van der Waals surface area contributed by atoms with E-state index >= 15 is 0 Å². The van der Waals surface area contributed by atoms with Gasteiger partial charge in [-0.05, 0) is 48.4 Å². The average molecular weight is 484 g/mol. The molecule has 7 heteroatoms. The van der Waals surface area contributed by atoms with E-state index in [-0.39, 0.29) is 6.03 Å². The first-order chi connectivity index (χ1) is 17.7. The SMILES string of the molecule is CCCCOc1ccc(NC(=O)N2CCN(c3nc4ccccc4n3Cc3ccccc3)CC2)cc1. The van der Waals surface area contributed by atoms with Crippen molar-refractivity contribution in [3.63, 3.8) is 0 Å². The summed E-state index contributed by atoms with van der Waals surface area (Å²) in [4.78, 5) is 22.0. The van der Waals surface area contributed by atoms with Gasteiger partial charge in [-0.2, -0.15) is 0 Å². The van der Waals surface area contributed by atoms with E-state index in [4.69, 9.17) is 9.72 Å². The molecule has 1 aliphatic heterocycles. The maximum Gasteiger partial charge on any atom is 0.321 e. The molecule has 3 aromatic carbocycles. The van der Waals surface area contributed by atoms with Crippen molar-refractivity contribution in [2.75, 3.05) is 43.0 Å². The molecule has 2 heterocycles. The Balaban J connectivity index is 1.22. The van der Waals surface area contributed by atoms with Crippen molar-refractivity contribution in [1.29, 1.82) is 0 Å². The van der Waals surface area contributed by atoms with E-state index in [0.717, 1.165) is 60.9 Å². The third-order valence-corrected chi connectivity index (χ3v) is 6.54. The molecule has 1 aliphatic rings. The Morgan fingerprint density at radius 3 is 2.39 bits per heavy atom. The largest absolute Gasteiger partial charge is 0.494 e. The molecule has 0 unspecified atom stereocenters. The Labute approximate surface area is 212 Å². The first-order valence-corrected chi connectivity index (χ1v) is 12.7. The molecule has 1 fully saturated rings. The minimum Gasteiger partial charge on any atom is -0.494 e. The number of urea groups is 1. The van der Waals surface area contributed by atoms with Gasteiger partial charge in [0.05, 0.1) is 24.2 Å². The van der Waals surface area contributed by atoms with Crippen LogP contribution in [0.1, 0.15) is 25.3 Å². The van der Waals surface area contributed by atoms with E-state index in [2.05, 4.69) is 64.2 Å². The third-order valence-electron chi connectivity index (χ3n) is 6.54. The number of nitrogens with zero attached hydrogens (tertiary/aromatic N) is 4. The minimum absolute atomic E-state index is 0.0768. The number of benzene rings is 3. The number of piperazine rings is 1. The smallest absolute Gasteiger partial charge is 0.321 e. The lowest BCUT2D eigenvalue weighted by Gasteiger charge is -2.35. The molecule has 186 valence electrons. The van der Waals surface area contributed by atoms with Gasteiger partial charge in [0.15, 0.2) is 0 Å². The van der Waals surface area contributed by atoms with Crippen LogP contribution in [0.5, 0.6) is 5.75 Å². The standard InChI is InChI=1S/C29H33N5O2/c1-2-3-21-36-25-15-13-24(14-16-25)30-29(35)33-19-17-32(18-20-33)28-31-26-11-7-8-12-27(26)34(28)22-23-9-5-4-6-10-23/h4-16H,2-3,17-22H2,1H3,(H,30,35). The fourth-order valence-electron chi connectivity index (χ4n) is 4.51. The lowest BCUT2D eigenvalue weighted by molar-refractivity contribution is 0.208. The van der Waals surface area contributed by atoms with Gasteiger partial charge in [0.2, 0.25) is 5.95 Å². The van der Waals surface area contributed by atoms with Crippen LogP contribution in [0.4, 0.5) is 16.4 Å². The van der Waals surface area contributed by atoms with Crippen LogP contribution in [-0.4, -0.2) is 53.3 Å². The first kappa shape index (κ1) is 23.7. The highest BCUT2D eigenvalue weighted by atomic mass is 16.5. The summed E-state index contributed by atoms with van der Waals surface area (Å²) >= 11 is 0. The lowest BCUT2D eigenvalue weighted by atomic mass is 10.2. The van der Waals surface area contributed by atoms with Crippen molar-refractivity contribution in [1.82, 2.24) is 14.5 Å². The van der Waals surface area contributed by atoms with Crippen LogP contribution in [-0.2, 0) is 6.54 Å². The molecule has 7 nitrogen and oxygen atoms in total. The summed E-state index contributed by atoms with van der Waals surface area (Å²) in [6.45, 7) is 6.35. The molecule has 0 atom stereocenters. The second-order valence-electron chi connectivity index (χ2n) is 9.10. The number of aromatic nitrogens is 2. The molecule has 0 aliphatic carbocycles. The highest BCUT2D eigenvalue weighted by Crippen LogP contribution is 2.25. The normalized spacial score (nSPS) is 13.7. The average Bonchev–Trinajstić information content (AvgIpc) is 3.29. The lowest BCUT2D eigenvalue weighted by Crippen LogP contribution is -2.50. The van der Waals surface area contributed by atoms with E-state index in [9.17, 15) is 4.79 Å². The van der Waals surface area contributed by atoms with Crippen molar-refractivity contribution < 1.29 is 9.53 Å². The summed E-state index contributed by atoms with van der Waals surface area (Å²) in [5.74, 6) is 1.78. The summed E-state index contributed by atoms with van der Waals surface area (Å²) in [7, 11) is 0. The number of carbonyl (C=O) groups excluding carboxylic acids is 1. The summed E-state index contributed by atoms with van der Waals surface area (Å²) in [5.41, 5.74) is 4.13. The van der Waals surface area contributed by atoms with Gasteiger partial charge in [-0.3, -0.25) is 0 Å².